The minimum absolute atomic E-state index is 0.0371. The Balaban J connectivity index is 2.06. The van der Waals surface area contributed by atoms with Crippen LogP contribution in [0.2, 0.25) is 0 Å². The summed E-state index contributed by atoms with van der Waals surface area (Å²) in [6.45, 7) is -0.914. The van der Waals surface area contributed by atoms with Crippen LogP contribution in [0.25, 0.3) is 11.2 Å². The first-order valence-corrected chi connectivity index (χ1v) is 8.50. The van der Waals surface area contributed by atoms with Gasteiger partial charge in [0.2, 0.25) is 5.95 Å². The van der Waals surface area contributed by atoms with E-state index >= 15 is 0 Å². The maximum Gasteiger partial charge on any atom is 0.283 e. The van der Waals surface area contributed by atoms with Crippen molar-refractivity contribution >= 4 is 28.7 Å². The van der Waals surface area contributed by atoms with Gasteiger partial charge in [-0.25, -0.2) is 4.98 Å². The van der Waals surface area contributed by atoms with E-state index in [2.05, 4.69) is 9.97 Å². The maximum atomic E-state index is 12.8. The number of imidazole rings is 1. The van der Waals surface area contributed by atoms with Gasteiger partial charge in [-0.1, -0.05) is 0 Å². The van der Waals surface area contributed by atoms with Gasteiger partial charge in [-0.2, -0.15) is 4.98 Å². The molecule has 0 radical (unpaired) electrons. The number of hydrogen-bond donors (Lipinski definition) is 5. The summed E-state index contributed by atoms with van der Waals surface area (Å²) in [6, 6.07) is -1.06. The van der Waals surface area contributed by atoms with Crippen LogP contribution in [0, 0.1) is 0 Å². The lowest BCUT2D eigenvalue weighted by molar-refractivity contribution is -0.0432. The SMILES string of the molecule is Nc1nc2c(ncn2[C@H]2CC(O)[C@@H](CO)O2)c(=O)n1C(CO)C(O)CCl. The minimum atomic E-state index is -1.21. The largest absolute Gasteiger partial charge is 0.394 e. The van der Waals surface area contributed by atoms with Gasteiger partial charge in [-0.15, -0.1) is 11.6 Å². The van der Waals surface area contributed by atoms with E-state index in [-0.39, 0.29) is 36.0 Å². The first-order valence-electron chi connectivity index (χ1n) is 7.96. The third-order valence-electron chi connectivity index (χ3n) is 4.47. The number of halogens is 1. The van der Waals surface area contributed by atoms with Crippen molar-refractivity contribution in [3.05, 3.63) is 16.7 Å². The average molecular weight is 390 g/mol. The summed E-state index contributed by atoms with van der Waals surface area (Å²) >= 11 is 5.61. The molecule has 1 aliphatic rings. The summed E-state index contributed by atoms with van der Waals surface area (Å²) in [7, 11) is 0. The fourth-order valence-electron chi connectivity index (χ4n) is 3.06. The van der Waals surface area contributed by atoms with E-state index < -0.39 is 42.7 Å². The molecule has 2 aromatic rings. The highest BCUT2D eigenvalue weighted by Crippen LogP contribution is 2.30. The zero-order valence-corrected chi connectivity index (χ0v) is 14.4. The topological polar surface area (TPSA) is 169 Å². The maximum absolute atomic E-state index is 12.8. The number of aromatic nitrogens is 4. The van der Waals surface area contributed by atoms with E-state index in [1.165, 1.54) is 10.9 Å². The first-order chi connectivity index (χ1) is 12.4. The molecule has 1 fully saturated rings. The smallest absolute Gasteiger partial charge is 0.283 e. The van der Waals surface area contributed by atoms with Crippen LogP contribution in [-0.4, -0.2) is 76.9 Å². The van der Waals surface area contributed by atoms with E-state index in [4.69, 9.17) is 22.1 Å². The number of ether oxygens (including phenoxy) is 1. The van der Waals surface area contributed by atoms with E-state index in [1.54, 1.807) is 0 Å². The Morgan fingerprint density at radius 1 is 1.46 bits per heavy atom. The van der Waals surface area contributed by atoms with Gasteiger partial charge >= 0.3 is 0 Å². The van der Waals surface area contributed by atoms with Gasteiger partial charge in [0.1, 0.15) is 12.3 Å². The summed E-state index contributed by atoms with van der Waals surface area (Å²) in [4.78, 5) is 20.9. The lowest BCUT2D eigenvalue weighted by Crippen LogP contribution is -2.37. The van der Waals surface area contributed by atoms with Gasteiger partial charge in [0.25, 0.3) is 5.56 Å². The van der Waals surface area contributed by atoms with Crippen molar-refractivity contribution < 1.29 is 25.2 Å². The molecule has 3 unspecified atom stereocenters. The van der Waals surface area contributed by atoms with E-state index in [1.807, 2.05) is 0 Å². The Labute approximate surface area is 152 Å². The van der Waals surface area contributed by atoms with Crippen LogP contribution in [0.4, 0.5) is 5.95 Å². The zero-order chi connectivity index (χ0) is 19.0. The van der Waals surface area contributed by atoms with Crippen molar-refractivity contribution in [3.63, 3.8) is 0 Å². The number of hydrogen-bond acceptors (Lipinski definition) is 9. The summed E-state index contributed by atoms with van der Waals surface area (Å²) in [5, 5.41) is 38.5. The third kappa shape index (κ3) is 3.06. The van der Waals surface area contributed by atoms with Crippen LogP contribution in [0.3, 0.4) is 0 Å². The van der Waals surface area contributed by atoms with Gasteiger partial charge in [-0.3, -0.25) is 13.9 Å². The lowest BCUT2D eigenvalue weighted by atomic mass is 10.2. The molecule has 144 valence electrons. The average Bonchev–Trinajstić information content (AvgIpc) is 3.20. The van der Waals surface area contributed by atoms with Crippen LogP contribution in [-0.2, 0) is 4.74 Å². The standard InChI is InChI=1S/C14H20ClN5O6/c15-2-8(24)6(3-21)20-13(25)11-12(18-14(20)16)19(5-17-11)10-1-7(23)9(4-22)26-10/h5-10,21-24H,1-4H2,(H2,16,18)/t6?,7?,8?,9-,10-/m1/s1. The summed E-state index contributed by atoms with van der Waals surface area (Å²) < 4.78 is 7.94. The van der Waals surface area contributed by atoms with Crippen LogP contribution in [0.15, 0.2) is 11.1 Å². The summed E-state index contributed by atoms with van der Waals surface area (Å²) in [5.74, 6) is -0.440. The molecule has 11 nitrogen and oxygen atoms in total. The summed E-state index contributed by atoms with van der Waals surface area (Å²) in [5.41, 5.74) is 5.33. The number of nitrogens with two attached hydrogens (primary N) is 1. The molecule has 2 aromatic heterocycles. The normalized spacial score (nSPS) is 25.7. The zero-order valence-electron chi connectivity index (χ0n) is 13.6. The Morgan fingerprint density at radius 2 is 2.19 bits per heavy atom. The number of rotatable bonds is 6. The molecule has 0 amide bonds. The number of aliphatic hydroxyl groups excluding tert-OH is 4. The monoisotopic (exact) mass is 389 g/mol. The molecule has 26 heavy (non-hydrogen) atoms. The summed E-state index contributed by atoms with van der Waals surface area (Å²) in [6.07, 6.45) is -1.97. The second-order valence-electron chi connectivity index (χ2n) is 6.06. The highest BCUT2D eigenvalue weighted by atomic mass is 35.5. The van der Waals surface area contributed by atoms with Gasteiger partial charge in [-0.05, 0) is 0 Å². The van der Waals surface area contributed by atoms with Crippen molar-refractivity contribution in [2.24, 2.45) is 0 Å². The van der Waals surface area contributed by atoms with Crippen molar-refractivity contribution in [2.75, 3.05) is 24.8 Å². The number of fused-ring (bicyclic) bond motifs is 1. The van der Waals surface area contributed by atoms with E-state index in [0.717, 1.165) is 4.57 Å². The second kappa shape index (κ2) is 7.47. The predicted molar refractivity (Wildman–Crippen MR) is 90.7 cm³/mol. The fourth-order valence-corrected chi connectivity index (χ4v) is 3.26. The van der Waals surface area contributed by atoms with Crippen molar-refractivity contribution in [2.45, 2.75) is 37.0 Å². The minimum Gasteiger partial charge on any atom is -0.394 e. The van der Waals surface area contributed by atoms with Crippen molar-refractivity contribution in [3.8, 4) is 0 Å². The van der Waals surface area contributed by atoms with Gasteiger partial charge in [0.15, 0.2) is 11.2 Å². The molecule has 0 aromatic carbocycles. The van der Waals surface area contributed by atoms with Crippen LogP contribution >= 0.6 is 11.6 Å². The first kappa shape index (κ1) is 19.0. The molecule has 12 heteroatoms. The number of nitrogens with zero attached hydrogens (tertiary/aromatic N) is 4. The molecule has 0 aliphatic carbocycles. The van der Waals surface area contributed by atoms with Crippen molar-refractivity contribution in [1.29, 1.82) is 0 Å². The molecule has 0 bridgehead atoms. The van der Waals surface area contributed by atoms with Crippen molar-refractivity contribution in [1.82, 2.24) is 19.1 Å². The van der Waals surface area contributed by atoms with E-state index in [9.17, 15) is 25.2 Å². The highest BCUT2D eigenvalue weighted by molar-refractivity contribution is 6.18. The number of nitrogen functional groups attached to an aromatic ring is 1. The van der Waals surface area contributed by atoms with E-state index in [0.29, 0.717) is 0 Å². The molecule has 1 saturated heterocycles. The third-order valence-corrected chi connectivity index (χ3v) is 4.79. The number of alkyl halides is 1. The van der Waals surface area contributed by atoms with Crippen LogP contribution in [0.1, 0.15) is 18.7 Å². The van der Waals surface area contributed by atoms with Gasteiger partial charge in [0, 0.05) is 6.42 Å². The second-order valence-corrected chi connectivity index (χ2v) is 6.36. The Kier molecular flexibility index (Phi) is 5.46. The van der Waals surface area contributed by atoms with Crippen LogP contribution in [0.5, 0.6) is 0 Å². The Bertz CT molecular complexity index is 841. The highest BCUT2D eigenvalue weighted by Gasteiger charge is 2.36. The van der Waals surface area contributed by atoms with Gasteiger partial charge in [0.05, 0.1) is 43.7 Å². The molecule has 5 atom stereocenters. The van der Waals surface area contributed by atoms with Gasteiger partial charge < -0.3 is 30.9 Å². The Morgan fingerprint density at radius 3 is 2.77 bits per heavy atom. The molecule has 3 heterocycles. The Hall–Kier alpha value is -1.76. The number of aliphatic hydroxyl groups is 4. The molecule has 3 rings (SSSR count). The quantitative estimate of drug-likeness (QED) is 0.349. The molecular formula is C14H20ClN5O6. The predicted octanol–water partition coefficient (Wildman–Crippen LogP) is -2.05. The molecule has 6 N–H and O–H groups in total. The van der Waals surface area contributed by atoms with Crippen LogP contribution < -0.4 is 11.3 Å². The lowest BCUT2D eigenvalue weighted by Gasteiger charge is -2.22. The number of anilines is 1. The molecule has 0 saturated carbocycles. The molecule has 1 aliphatic heterocycles. The molecule has 0 spiro atoms. The molecular weight excluding hydrogens is 370 g/mol. The fraction of sp³-hybridized carbons (Fsp3) is 0.643.